The van der Waals surface area contributed by atoms with Gasteiger partial charge < -0.3 is 10.0 Å². The Labute approximate surface area is 169 Å². The molecule has 0 bridgehead atoms. The first-order valence-electron chi connectivity index (χ1n) is 9.54. The van der Waals surface area contributed by atoms with Crippen molar-refractivity contribution in [1.29, 1.82) is 0 Å². The highest BCUT2D eigenvalue weighted by Crippen LogP contribution is 2.34. The van der Waals surface area contributed by atoms with E-state index in [1.54, 1.807) is 28.2 Å². The molecule has 2 nitrogen and oxygen atoms in total. The molecule has 4 heteroatoms. The molecule has 1 atom stereocenters. The van der Waals surface area contributed by atoms with E-state index in [9.17, 15) is 5.11 Å². The first-order chi connectivity index (χ1) is 13.3. The van der Waals surface area contributed by atoms with Gasteiger partial charge in [-0.05, 0) is 75.2 Å². The maximum Gasteiger partial charge on any atom is 0.0802 e. The highest BCUT2D eigenvalue weighted by atomic mass is 32.1. The number of aliphatic hydroxyl groups is 1. The lowest BCUT2D eigenvalue weighted by atomic mass is 9.91. The SMILES string of the molecule is OC(CCN1CCC(=C(c2ccsc2)c2ccsc2)CC1)c1ccccc1. The van der Waals surface area contributed by atoms with E-state index in [2.05, 4.69) is 38.6 Å². The molecule has 27 heavy (non-hydrogen) atoms. The molecule has 0 amide bonds. The summed E-state index contributed by atoms with van der Waals surface area (Å²) in [7, 11) is 0. The van der Waals surface area contributed by atoms with Crippen LogP contribution >= 0.6 is 22.7 Å². The zero-order valence-electron chi connectivity index (χ0n) is 15.4. The number of aliphatic hydroxyl groups excluding tert-OH is 1. The number of thiophene rings is 2. The number of rotatable bonds is 6. The summed E-state index contributed by atoms with van der Waals surface area (Å²) >= 11 is 3.54. The zero-order valence-corrected chi connectivity index (χ0v) is 17.0. The van der Waals surface area contributed by atoms with Gasteiger partial charge in [0, 0.05) is 19.6 Å². The number of hydrogen-bond acceptors (Lipinski definition) is 4. The van der Waals surface area contributed by atoms with Crippen LogP contribution in [0.3, 0.4) is 0 Å². The standard InChI is InChI=1S/C23H25NOS2/c25-22(18-4-2-1-3-5-18)8-13-24-11-6-19(7-12-24)23(20-9-14-26-16-20)21-10-15-27-17-21/h1-5,9-10,14-17,22,25H,6-8,11-13H2. The van der Waals surface area contributed by atoms with Crippen molar-refractivity contribution in [3.05, 3.63) is 86.2 Å². The van der Waals surface area contributed by atoms with E-state index in [1.807, 2.05) is 30.3 Å². The van der Waals surface area contributed by atoms with Gasteiger partial charge >= 0.3 is 0 Å². The zero-order chi connectivity index (χ0) is 18.5. The van der Waals surface area contributed by atoms with Gasteiger partial charge in [0.05, 0.1) is 6.10 Å². The number of benzene rings is 1. The molecule has 4 rings (SSSR count). The van der Waals surface area contributed by atoms with E-state index in [4.69, 9.17) is 0 Å². The number of piperidine rings is 1. The Morgan fingerprint density at radius 1 is 0.926 bits per heavy atom. The third-order valence-electron chi connectivity index (χ3n) is 5.34. The maximum absolute atomic E-state index is 10.4. The summed E-state index contributed by atoms with van der Waals surface area (Å²) in [5.74, 6) is 0. The minimum absolute atomic E-state index is 0.365. The van der Waals surface area contributed by atoms with E-state index in [0.717, 1.165) is 44.5 Å². The van der Waals surface area contributed by atoms with Crippen LogP contribution in [0.25, 0.3) is 5.57 Å². The minimum atomic E-state index is -0.365. The third kappa shape index (κ3) is 4.58. The highest BCUT2D eigenvalue weighted by molar-refractivity contribution is 7.08. The van der Waals surface area contributed by atoms with Crippen molar-refractivity contribution in [2.24, 2.45) is 0 Å². The molecule has 1 fully saturated rings. The van der Waals surface area contributed by atoms with Crippen LogP contribution in [0.2, 0.25) is 0 Å². The molecular formula is C23H25NOS2. The van der Waals surface area contributed by atoms with E-state index in [1.165, 1.54) is 16.7 Å². The van der Waals surface area contributed by atoms with Crippen LogP contribution in [-0.4, -0.2) is 29.6 Å². The molecule has 1 saturated heterocycles. The summed E-state index contributed by atoms with van der Waals surface area (Å²) < 4.78 is 0. The molecule has 140 valence electrons. The van der Waals surface area contributed by atoms with Crippen LogP contribution in [0.1, 0.15) is 42.1 Å². The first-order valence-corrected chi connectivity index (χ1v) is 11.4. The van der Waals surface area contributed by atoms with Crippen molar-refractivity contribution in [3.8, 4) is 0 Å². The molecule has 1 N–H and O–H groups in total. The summed E-state index contributed by atoms with van der Waals surface area (Å²) in [5.41, 5.74) is 6.77. The second-order valence-corrected chi connectivity index (χ2v) is 8.62. The third-order valence-corrected chi connectivity index (χ3v) is 6.70. The van der Waals surface area contributed by atoms with E-state index in [0.29, 0.717) is 0 Å². The Morgan fingerprint density at radius 2 is 1.56 bits per heavy atom. The Bertz CT molecular complexity index is 807. The average molecular weight is 396 g/mol. The fourth-order valence-corrected chi connectivity index (χ4v) is 5.13. The molecule has 0 saturated carbocycles. The van der Waals surface area contributed by atoms with Crippen LogP contribution in [-0.2, 0) is 0 Å². The monoisotopic (exact) mass is 395 g/mol. The molecule has 0 spiro atoms. The van der Waals surface area contributed by atoms with Crippen LogP contribution in [0.4, 0.5) is 0 Å². The van der Waals surface area contributed by atoms with E-state index < -0.39 is 0 Å². The van der Waals surface area contributed by atoms with E-state index >= 15 is 0 Å². The molecule has 1 aliphatic rings. The van der Waals surface area contributed by atoms with Crippen molar-refractivity contribution in [2.75, 3.05) is 19.6 Å². The van der Waals surface area contributed by atoms with Gasteiger partial charge in [-0.3, -0.25) is 0 Å². The van der Waals surface area contributed by atoms with Crippen molar-refractivity contribution in [1.82, 2.24) is 4.90 Å². The van der Waals surface area contributed by atoms with Crippen molar-refractivity contribution in [3.63, 3.8) is 0 Å². The highest BCUT2D eigenvalue weighted by Gasteiger charge is 2.20. The summed E-state index contributed by atoms with van der Waals surface area (Å²) in [6, 6.07) is 14.5. The number of nitrogens with zero attached hydrogens (tertiary/aromatic N) is 1. The second-order valence-electron chi connectivity index (χ2n) is 7.06. The van der Waals surface area contributed by atoms with Gasteiger partial charge in [-0.25, -0.2) is 0 Å². The predicted molar refractivity (Wildman–Crippen MR) is 116 cm³/mol. The van der Waals surface area contributed by atoms with Crippen LogP contribution in [0.15, 0.2) is 69.6 Å². The quantitative estimate of drug-likeness (QED) is 0.567. The van der Waals surface area contributed by atoms with Crippen molar-refractivity contribution in [2.45, 2.75) is 25.4 Å². The molecule has 0 radical (unpaired) electrons. The normalized spacial score (nSPS) is 16.4. The lowest BCUT2D eigenvalue weighted by Crippen LogP contribution is -2.32. The van der Waals surface area contributed by atoms with Gasteiger partial charge in [0.2, 0.25) is 0 Å². The first kappa shape index (κ1) is 18.6. The van der Waals surface area contributed by atoms with Gasteiger partial charge in [0.1, 0.15) is 0 Å². The van der Waals surface area contributed by atoms with Gasteiger partial charge in [0.15, 0.2) is 0 Å². The molecular weight excluding hydrogens is 370 g/mol. The molecule has 0 aliphatic carbocycles. The molecule has 1 unspecified atom stereocenters. The predicted octanol–water partition coefficient (Wildman–Crippen LogP) is 5.83. The molecule has 2 aromatic heterocycles. The van der Waals surface area contributed by atoms with Crippen molar-refractivity contribution >= 4 is 28.2 Å². The number of hydrogen-bond donors (Lipinski definition) is 1. The summed E-state index contributed by atoms with van der Waals surface area (Å²) in [5, 5.41) is 19.3. The fourth-order valence-electron chi connectivity index (χ4n) is 3.83. The molecule has 1 aliphatic heterocycles. The van der Waals surface area contributed by atoms with Crippen LogP contribution < -0.4 is 0 Å². The van der Waals surface area contributed by atoms with Gasteiger partial charge in [-0.15, -0.1) is 0 Å². The summed E-state index contributed by atoms with van der Waals surface area (Å²) in [6.45, 7) is 3.11. The molecule has 3 aromatic rings. The van der Waals surface area contributed by atoms with Crippen LogP contribution in [0.5, 0.6) is 0 Å². The summed E-state index contributed by atoms with van der Waals surface area (Å²) in [4.78, 5) is 2.49. The Hall–Kier alpha value is -1.72. The summed E-state index contributed by atoms with van der Waals surface area (Å²) in [6.07, 6.45) is 2.66. The van der Waals surface area contributed by atoms with Gasteiger partial charge in [-0.2, -0.15) is 22.7 Å². The minimum Gasteiger partial charge on any atom is -0.388 e. The van der Waals surface area contributed by atoms with Gasteiger partial charge in [-0.1, -0.05) is 35.9 Å². The Balaban J connectivity index is 1.40. The average Bonchev–Trinajstić information content (AvgIpc) is 3.43. The number of likely N-dealkylation sites (tertiary alicyclic amines) is 1. The smallest absolute Gasteiger partial charge is 0.0802 e. The largest absolute Gasteiger partial charge is 0.388 e. The topological polar surface area (TPSA) is 23.5 Å². The maximum atomic E-state index is 10.4. The Kier molecular flexibility index (Phi) is 6.20. The lowest BCUT2D eigenvalue weighted by Gasteiger charge is -2.30. The Morgan fingerprint density at radius 3 is 2.11 bits per heavy atom. The molecule has 1 aromatic carbocycles. The van der Waals surface area contributed by atoms with E-state index in [-0.39, 0.29) is 6.10 Å². The van der Waals surface area contributed by atoms with Gasteiger partial charge in [0.25, 0.3) is 0 Å². The lowest BCUT2D eigenvalue weighted by molar-refractivity contribution is 0.139. The fraction of sp³-hybridized carbons (Fsp3) is 0.304. The second kappa shape index (κ2) is 8.98. The van der Waals surface area contributed by atoms with Crippen LogP contribution in [0, 0.1) is 0 Å². The van der Waals surface area contributed by atoms with Crippen molar-refractivity contribution < 1.29 is 5.11 Å². The molecule has 3 heterocycles.